The molecule has 1 heterocycles. The van der Waals surface area contributed by atoms with Crippen molar-refractivity contribution in [3.8, 4) is 11.6 Å². The molecule has 0 bridgehead atoms. The van der Waals surface area contributed by atoms with Gasteiger partial charge in [0.05, 0.1) is 16.5 Å². The number of benzene rings is 3. The molecule has 3 aromatic carbocycles. The minimum absolute atomic E-state index is 0.0305. The van der Waals surface area contributed by atoms with Crippen molar-refractivity contribution in [2.75, 3.05) is 10.6 Å². The Hall–Kier alpha value is -4.14. The van der Waals surface area contributed by atoms with E-state index in [9.17, 15) is 18.0 Å². The van der Waals surface area contributed by atoms with E-state index in [-0.39, 0.29) is 5.69 Å². The Bertz CT molecular complexity index is 1220. The van der Waals surface area contributed by atoms with Gasteiger partial charge in [0.15, 0.2) is 0 Å². The molecular formula is C22H15F3N4O2. The lowest BCUT2D eigenvalue weighted by molar-refractivity contribution is -0.137. The van der Waals surface area contributed by atoms with E-state index in [1.807, 2.05) is 24.3 Å². The van der Waals surface area contributed by atoms with Gasteiger partial charge in [-0.2, -0.15) is 13.2 Å². The van der Waals surface area contributed by atoms with Crippen LogP contribution in [-0.2, 0) is 6.18 Å². The second-order valence-electron chi connectivity index (χ2n) is 6.48. The zero-order chi connectivity index (χ0) is 21.8. The normalized spacial score (nSPS) is 11.2. The summed E-state index contributed by atoms with van der Waals surface area (Å²) >= 11 is 0. The maximum atomic E-state index is 12.8. The summed E-state index contributed by atoms with van der Waals surface area (Å²) in [5.41, 5.74) is 0.369. The molecule has 0 spiro atoms. The molecule has 0 radical (unpaired) electrons. The van der Waals surface area contributed by atoms with Crippen LogP contribution >= 0.6 is 0 Å². The highest BCUT2D eigenvalue weighted by Gasteiger charge is 2.30. The Morgan fingerprint density at radius 2 is 1.58 bits per heavy atom. The molecule has 0 aliphatic rings. The number of hydrogen-bond acceptors (Lipinski definition) is 4. The van der Waals surface area contributed by atoms with Crippen molar-refractivity contribution in [2.24, 2.45) is 0 Å². The molecule has 1 aromatic heterocycles. The first kappa shape index (κ1) is 20.1. The van der Waals surface area contributed by atoms with Crippen molar-refractivity contribution < 1.29 is 22.7 Å². The Balaban J connectivity index is 1.41. The molecule has 0 fully saturated rings. The highest BCUT2D eigenvalue weighted by Crippen LogP contribution is 2.31. The number of carbonyl (C=O) groups excluding carboxylic acids is 1. The number of hydrogen-bond donors (Lipinski definition) is 2. The minimum Gasteiger partial charge on any atom is -0.438 e. The van der Waals surface area contributed by atoms with E-state index in [0.29, 0.717) is 17.3 Å². The summed E-state index contributed by atoms with van der Waals surface area (Å²) in [6, 6.07) is 17.6. The highest BCUT2D eigenvalue weighted by molar-refractivity contribution is 5.99. The van der Waals surface area contributed by atoms with Crippen LogP contribution < -0.4 is 15.4 Å². The zero-order valence-corrected chi connectivity index (χ0v) is 15.9. The van der Waals surface area contributed by atoms with Crippen LogP contribution in [0.2, 0.25) is 0 Å². The molecule has 0 unspecified atom stereocenters. The molecule has 0 saturated heterocycles. The second-order valence-corrected chi connectivity index (χ2v) is 6.48. The summed E-state index contributed by atoms with van der Waals surface area (Å²) in [7, 11) is 0. The van der Waals surface area contributed by atoms with Gasteiger partial charge >= 0.3 is 12.2 Å². The molecule has 2 N–H and O–H groups in total. The maximum absolute atomic E-state index is 12.8. The van der Waals surface area contributed by atoms with Gasteiger partial charge < -0.3 is 15.4 Å². The Labute approximate surface area is 174 Å². The van der Waals surface area contributed by atoms with Crippen LogP contribution in [0.4, 0.5) is 29.3 Å². The zero-order valence-electron chi connectivity index (χ0n) is 15.9. The number of urea groups is 1. The van der Waals surface area contributed by atoms with Crippen molar-refractivity contribution >= 4 is 28.3 Å². The topological polar surface area (TPSA) is 76.1 Å². The van der Waals surface area contributed by atoms with Crippen molar-refractivity contribution in [1.29, 1.82) is 0 Å². The van der Waals surface area contributed by atoms with Gasteiger partial charge in [-0.3, -0.25) is 0 Å². The number of nitrogens with zero attached hydrogens (tertiary/aromatic N) is 2. The standard InChI is InChI=1S/C22H15F3N4O2/c23-22(24,25)14-4-3-5-16(12-14)29-21(30)28-15-8-10-17(11-9-15)31-20-18-6-1-2-7-19(18)26-13-27-20/h1-13H,(H2,28,29,30). The first-order valence-corrected chi connectivity index (χ1v) is 9.11. The first-order valence-electron chi connectivity index (χ1n) is 9.11. The lowest BCUT2D eigenvalue weighted by atomic mass is 10.2. The lowest BCUT2D eigenvalue weighted by Gasteiger charge is -2.11. The van der Waals surface area contributed by atoms with Crippen molar-refractivity contribution in [3.63, 3.8) is 0 Å². The summed E-state index contributed by atoms with van der Waals surface area (Å²) in [5.74, 6) is 0.890. The average molecular weight is 424 g/mol. The Morgan fingerprint density at radius 1 is 0.839 bits per heavy atom. The predicted octanol–water partition coefficient (Wildman–Crippen LogP) is 6.08. The third kappa shape index (κ3) is 4.89. The van der Waals surface area contributed by atoms with Crippen LogP contribution in [-0.4, -0.2) is 16.0 Å². The number of anilines is 2. The number of ether oxygens (including phenoxy) is 1. The third-order valence-electron chi connectivity index (χ3n) is 4.28. The molecule has 2 amide bonds. The van der Waals surface area contributed by atoms with E-state index in [1.54, 1.807) is 24.3 Å². The molecule has 0 aliphatic heterocycles. The fraction of sp³-hybridized carbons (Fsp3) is 0.0455. The number of nitrogens with one attached hydrogen (secondary N) is 2. The van der Waals surface area contributed by atoms with Gasteiger partial charge in [-0.05, 0) is 54.6 Å². The highest BCUT2D eigenvalue weighted by atomic mass is 19.4. The van der Waals surface area contributed by atoms with Gasteiger partial charge in [-0.1, -0.05) is 18.2 Å². The van der Waals surface area contributed by atoms with Gasteiger partial charge in [0.1, 0.15) is 12.1 Å². The van der Waals surface area contributed by atoms with E-state index >= 15 is 0 Å². The first-order chi connectivity index (χ1) is 14.9. The van der Waals surface area contributed by atoms with Crippen LogP contribution in [0.1, 0.15) is 5.56 Å². The van der Waals surface area contributed by atoms with Crippen LogP contribution in [0.25, 0.3) is 10.9 Å². The number of alkyl halides is 3. The summed E-state index contributed by atoms with van der Waals surface area (Å²) < 4.78 is 44.2. The number of halogens is 3. The van der Waals surface area contributed by atoms with Crippen LogP contribution in [0.15, 0.2) is 79.1 Å². The molecule has 4 rings (SSSR count). The monoisotopic (exact) mass is 424 g/mol. The molecule has 156 valence electrons. The van der Waals surface area contributed by atoms with Gasteiger partial charge in [-0.15, -0.1) is 0 Å². The van der Waals surface area contributed by atoms with Gasteiger partial charge in [-0.25, -0.2) is 14.8 Å². The molecule has 4 aromatic rings. The van der Waals surface area contributed by atoms with Crippen molar-refractivity contribution in [2.45, 2.75) is 6.18 Å². The number of fused-ring (bicyclic) bond motifs is 1. The summed E-state index contributed by atoms with van der Waals surface area (Å²) in [5, 5.41) is 5.69. The molecule has 9 heteroatoms. The number of amides is 2. The fourth-order valence-corrected chi connectivity index (χ4v) is 2.85. The number of rotatable bonds is 4. The van der Waals surface area contributed by atoms with E-state index in [4.69, 9.17) is 4.74 Å². The fourth-order valence-electron chi connectivity index (χ4n) is 2.85. The van der Waals surface area contributed by atoms with Crippen LogP contribution in [0, 0.1) is 0 Å². The largest absolute Gasteiger partial charge is 0.438 e. The van der Waals surface area contributed by atoms with Crippen LogP contribution in [0.3, 0.4) is 0 Å². The number of aromatic nitrogens is 2. The van der Waals surface area contributed by atoms with E-state index in [0.717, 1.165) is 23.0 Å². The molecule has 6 nitrogen and oxygen atoms in total. The van der Waals surface area contributed by atoms with Gasteiger partial charge in [0, 0.05) is 11.4 Å². The smallest absolute Gasteiger partial charge is 0.416 e. The number of carbonyl (C=O) groups is 1. The molecular weight excluding hydrogens is 409 g/mol. The maximum Gasteiger partial charge on any atom is 0.416 e. The Kier molecular flexibility index (Phi) is 5.40. The summed E-state index contributed by atoms with van der Waals surface area (Å²) in [6.07, 6.45) is -3.08. The molecule has 0 saturated carbocycles. The predicted molar refractivity (Wildman–Crippen MR) is 110 cm³/mol. The van der Waals surface area contributed by atoms with Crippen molar-refractivity contribution in [1.82, 2.24) is 9.97 Å². The quantitative estimate of drug-likeness (QED) is 0.416. The SMILES string of the molecule is O=C(Nc1ccc(Oc2ncnc3ccccc23)cc1)Nc1cccc(C(F)(F)F)c1. The second kappa shape index (κ2) is 8.31. The van der Waals surface area contributed by atoms with Crippen LogP contribution in [0.5, 0.6) is 11.6 Å². The van der Waals surface area contributed by atoms with Gasteiger partial charge in [0.2, 0.25) is 5.88 Å². The number of para-hydroxylation sites is 1. The van der Waals surface area contributed by atoms with E-state index in [1.165, 1.54) is 18.5 Å². The molecule has 0 atom stereocenters. The molecule has 31 heavy (non-hydrogen) atoms. The average Bonchev–Trinajstić information content (AvgIpc) is 2.75. The Morgan fingerprint density at radius 3 is 2.35 bits per heavy atom. The van der Waals surface area contributed by atoms with E-state index in [2.05, 4.69) is 20.6 Å². The van der Waals surface area contributed by atoms with Gasteiger partial charge in [0.25, 0.3) is 0 Å². The summed E-state index contributed by atoms with van der Waals surface area (Å²) in [4.78, 5) is 20.4. The molecule has 0 aliphatic carbocycles. The third-order valence-corrected chi connectivity index (χ3v) is 4.28. The van der Waals surface area contributed by atoms with E-state index < -0.39 is 17.8 Å². The lowest BCUT2D eigenvalue weighted by Crippen LogP contribution is -2.19. The van der Waals surface area contributed by atoms with Crippen molar-refractivity contribution in [3.05, 3.63) is 84.7 Å². The minimum atomic E-state index is -4.49. The summed E-state index contributed by atoms with van der Waals surface area (Å²) in [6.45, 7) is 0.